The zero-order valence-corrected chi connectivity index (χ0v) is 10.4. The molecule has 2 aliphatic rings. The monoisotopic (exact) mass is 227 g/mol. The van der Waals surface area contributed by atoms with E-state index < -0.39 is 0 Å². The predicted octanol–water partition coefficient (Wildman–Crippen LogP) is 0.703. The van der Waals surface area contributed by atoms with E-state index in [1.165, 1.54) is 25.8 Å². The Kier molecular flexibility index (Phi) is 3.94. The summed E-state index contributed by atoms with van der Waals surface area (Å²) in [5.41, 5.74) is 0. The number of rotatable bonds is 1. The Morgan fingerprint density at radius 1 is 1.20 bits per heavy atom. The molecule has 0 aliphatic carbocycles. The van der Waals surface area contributed by atoms with E-state index in [-0.39, 0.29) is 0 Å². The number of nitrogens with zero attached hydrogens (tertiary/aromatic N) is 2. The van der Waals surface area contributed by atoms with Gasteiger partial charge in [-0.3, -0.25) is 0 Å². The second-order valence-electron chi connectivity index (χ2n) is 4.63. The molecule has 3 nitrogen and oxygen atoms in total. The van der Waals surface area contributed by atoms with Gasteiger partial charge in [-0.1, -0.05) is 12.2 Å². The first kappa shape index (κ1) is 11.3. The molecule has 0 saturated carbocycles. The van der Waals surface area contributed by atoms with E-state index in [1.807, 2.05) is 0 Å². The molecule has 1 unspecified atom stereocenters. The van der Waals surface area contributed by atoms with Gasteiger partial charge in [0.1, 0.15) is 0 Å². The Bertz CT molecular complexity index is 226. The van der Waals surface area contributed by atoms with Crippen molar-refractivity contribution in [3.63, 3.8) is 0 Å². The molecule has 2 rings (SSSR count). The molecule has 2 heterocycles. The Balaban J connectivity index is 1.88. The largest absolute Gasteiger partial charge is 0.364 e. The summed E-state index contributed by atoms with van der Waals surface area (Å²) in [7, 11) is 2.19. The average molecular weight is 227 g/mol. The number of hydrogen-bond acceptors (Lipinski definition) is 3. The van der Waals surface area contributed by atoms with Gasteiger partial charge in [0.15, 0.2) is 0 Å². The molecule has 1 N–H and O–H groups in total. The lowest BCUT2D eigenvalue weighted by atomic mass is 10.2. The third-order valence-electron chi connectivity index (χ3n) is 3.39. The summed E-state index contributed by atoms with van der Waals surface area (Å²) < 4.78 is 0. The third kappa shape index (κ3) is 2.89. The van der Waals surface area contributed by atoms with Crippen LogP contribution in [-0.2, 0) is 0 Å². The Morgan fingerprint density at radius 3 is 2.80 bits per heavy atom. The van der Waals surface area contributed by atoms with Gasteiger partial charge in [0.05, 0.1) is 11.0 Å². The van der Waals surface area contributed by atoms with Gasteiger partial charge in [0.25, 0.3) is 0 Å². The third-order valence-corrected chi connectivity index (χ3v) is 3.93. The van der Waals surface area contributed by atoms with Gasteiger partial charge in [0, 0.05) is 19.6 Å². The summed E-state index contributed by atoms with van der Waals surface area (Å²) in [5.74, 6) is 0. The molecule has 0 aromatic carbocycles. The van der Waals surface area contributed by atoms with Crippen LogP contribution in [-0.4, -0.2) is 60.6 Å². The molecule has 1 atom stereocenters. The lowest BCUT2D eigenvalue weighted by Crippen LogP contribution is -2.43. The minimum Gasteiger partial charge on any atom is -0.364 e. The van der Waals surface area contributed by atoms with Gasteiger partial charge in [-0.25, -0.2) is 0 Å². The quantitative estimate of drug-likeness (QED) is 0.665. The van der Waals surface area contributed by atoms with Crippen LogP contribution in [0.2, 0.25) is 0 Å². The highest BCUT2D eigenvalue weighted by atomic mass is 32.1. The zero-order valence-electron chi connectivity index (χ0n) is 9.54. The number of nitrogens with one attached hydrogen (secondary N) is 1. The number of thiocarbonyl (C=S) groups is 1. The fourth-order valence-electron chi connectivity index (χ4n) is 2.38. The smallest absolute Gasteiger partial charge is 0.0952 e. The first-order valence-corrected chi connectivity index (χ1v) is 6.39. The van der Waals surface area contributed by atoms with Crippen LogP contribution >= 0.6 is 12.2 Å². The highest BCUT2D eigenvalue weighted by Gasteiger charge is 2.24. The van der Waals surface area contributed by atoms with Gasteiger partial charge in [-0.15, -0.1) is 0 Å². The molecule has 2 saturated heterocycles. The van der Waals surface area contributed by atoms with Crippen LogP contribution in [0.4, 0.5) is 0 Å². The second kappa shape index (κ2) is 5.23. The Hall–Kier alpha value is -0.190. The first-order valence-electron chi connectivity index (χ1n) is 5.98. The molecule has 0 bridgehead atoms. The van der Waals surface area contributed by atoms with Crippen LogP contribution < -0.4 is 5.32 Å². The molecule has 15 heavy (non-hydrogen) atoms. The molecule has 0 aromatic rings. The molecule has 0 spiro atoms. The van der Waals surface area contributed by atoms with E-state index >= 15 is 0 Å². The summed E-state index contributed by atoms with van der Waals surface area (Å²) in [5, 5.41) is 3.49. The van der Waals surface area contributed by atoms with Crippen molar-refractivity contribution in [2.24, 2.45) is 0 Å². The topological polar surface area (TPSA) is 18.5 Å². The second-order valence-corrected chi connectivity index (χ2v) is 5.05. The van der Waals surface area contributed by atoms with Crippen molar-refractivity contribution in [3.05, 3.63) is 0 Å². The van der Waals surface area contributed by atoms with E-state index in [1.54, 1.807) is 0 Å². The minimum atomic E-state index is 0.475. The van der Waals surface area contributed by atoms with Crippen molar-refractivity contribution in [1.82, 2.24) is 15.1 Å². The summed E-state index contributed by atoms with van der Waals surface area (Å²) >= 11 is 5.58. The maximum Gasteiger partial charge on any atom is 0.0952 e. The highest BCUT2D eigenvalue weighted by Crippen LogP contribution is 2.12. The van der Waals surface area contributed by atoms with Crippen LogP contribution in [0.25, 0.3) is 0 Å². The maximum atomic E-state index is 5.58. The van der Waals surface area contributed by atoms with E-state index in [9.17, 15) is 0 Å². The molecule has 86 valence electrons. The summed E-state index contributed by atoms with van der Waals surface area (Å²) in [4.78, 5) is 5.95. The van der Waals surface area contributed by atoms with E-state index in [0.29, 0.717) is 6.04 Å². The Labute approximate surface area is 97.8 Å². The lowest BCUT2D eigenvalue weighted by Gasteiger charge is -2.27. The van der Waals surface area contributed by atoms with Crippen molar-refractivity contribution in [1.29, 1.82) is 0 Å². The molecule has 0 amide bonds. The number of likely N-dealkylation sites (N-methyl/N-ethyl adjacent to an activating group) is 1. The first-order chi connectivity index (χ1) is 7.27. The molecule has 0 aromatic heterocycles. The minimum absolute atomic E-state index is 0.475. The van der Waals surface area contributed by atoms with Gasteiger partial charge in [-0.05, 0) is 39.4 Å². The molecule has 4 heteroatoms. The predicted molar refractivity (Wildman–Crippen MR) is 67.3 cm³/mol. The summed E-state index contributed by atoms with van der Waals surface area (Å²) in [6, 6.07) is 0.475. The van der Waals surface area contributed by atoms with Crippen LogP contribution in [0.3, 0.4) is 0 Å². The maximum absolute atomic E-state index is 5.58. The van der Waals surface area contributed by atoms with Gasteiger partial charge >= 0.3 is 0 Å². The van der Waals surface area contributed by atoms with Crippen molar-refractivity contribution >= 4 is 17.2 Å². The fourth-order valence-corrected chi connectivity index (χ4v) is 2.77. The van der Waals surface area contributed by atoms with Crippen LogP contribution in [0, 0.1) is 0 Å². The molecule has 0 radical (unpaired) electrons. The standard InChI is InChI=1S/C11H21N3S/c1-13-6-3-7-14(9-8-13)11(15)10-4-2-5-12-10/h10,12H,2-9H2,1H3. The summed E-state index contributed by atoms with van der Waals surface area (Å²) in [6.45, 7) is 5.73. The van der Waals surface area contributed by atoms with Crippen molar-refractivity contribution in [3.8, 4) is 0 Å². The fraction of sp³-hybridized carbons (Fsp3) is 0.909. The van der Waals surface area contributed by atoms with E-state index in [2.05, 4.69) is 22.2 Å². The van der Waals surface area contributed by atoms with Crippen molar-refractivity contribution in [2.75, 3.05) is 39.8 Å². The van der Waals surface area contributed by atoms with E-state index in [4.69, 9.17) is 12.2 Å². The zero-order chi connectivity index (χ0) is 10.7. The van der Waals surface area contributed by atoms with Gasteiger partial charge in [0.2, 0.25) is 0 Å². The van der Waals surface area contributed by atoms with Crippen LogP contribution in [0.5, 0.6) is 0 Å². The van der Waals surface area contributed by atoms with Crippen LogP contribution in [0.1, 0.15) is 19.3 Å². The lowest BCUT2D eigenvalue weighted by molar-refractivity contribution is 0.345. The number of hydrogen-bond donors (Lipinski definition) is 1. The van der Waals surface area contributed by atoms with Crippen LogP contribution in [0.15, 0.2) is 0 Å². The SMILES string of the molecule is CN1CCCN(C(=S)C2CCCN2)CC1. The van der Waals surface area contributed by atoms with Gasteiger partial charge < -0.3 is 15.1 Å². The molecular weight excluding hydrogens is 206 g/mol. The molecule has 2 aliphatic heterocycles. The van der Waals surface area contributed by atoms with Crippen molar-refractivity contribution < 1.29 is 0 Å². The molecular formula is C11H21N3S. The molecule has 2 fully saturated rings. The average Bonchev–Trinajstić information content (AvgIpc) is 2.67. The van der Waals surface area contributed by atoms with Crippen molar-refractivity contribution in [2.45, 2.75) is 25.3 Å². The Morgan fingerprint density at radius 2 is 2.07 bits per heavy atom. The normalized spacial score (nSPS) is 29.1. The van der Waals surface area contributed by atoms with Gasteiger partial charge in [-0.2, -0.15) is 0 Å². The summed E-state index contributed by atoms with van der Waals surface area (Å²) in [6.07, 6.45) is 3.74. The van der Waals surface area contributed by atoms with E-state index in [0.717, 1.165) is 31.2 Å². The highest BCUT2D eigenvalue weighted by molar-refractivity contribution is 7.80.